The van der Waals surface area contributed by atoms with E-state index in [4.69, 9.17) is 5.11 Å². The SMILES string of the molecule is CC(C)C[C@H](NC(=O)O)C(=O)N1CCN(CC=Cc2ccccc2)CC1. The summed E-state index contributed by atoms with van der Waals surface area (Å²) >= 11 is 0. The van der Waals surface area contributed by atoms with Gasteiger partial charge >= 0.3 is 6.09 Å². The lowest BCUT2D eigenvalue weighted by Gasteiger charge is -2.36. The number of carbonyl (C=O) groups is 2. The molecule has 0 spiro atoms. The highest BCUT2D eigenvalue weighted by molar-refractivity contribution is 5.85. The summed E-state index contributed by atoms with van der Waals surface area (Å²) in [6, 6.07) is 9.51. The zero-order valence-corrected chi connectivity index (χ0v) is 15.6. The summed E-state index contributed by atoms with van der Waals surface area (Å²) in [6.45, 7) is 7.68. The van der Waals surface area contributed by atoms with Crippen molar-refractivity contribution in [1.82, 2.24) is 15.1 Å². The largest absolute Gasteiger partial charge is 0.465 e. The Bertz CT molecular complexity index is 608. The molecular weight excluding hydrogens is 330 g/mol. The van der Waals surface area contributed by atoms with Crippen LogP contribution in [0.1, 0.15) is 25.8 Å². The maximum absolute atomic E-state index is 12.6. The van der Waals surface area contributed by atoms with E-state index in [1.807, 2.05) is 32.0 Å². The molecule has 0 saturated carbocycles. The lowest BCUT2D eigenvalue weighted by molar-refractivity contribution is -0.135. The van der Waals surface area contributed by atoms with Gasteiger partial charge in [-0.15, -0.1) is 0 Å². The Morgan fingerprint density at radius 3 is 2.38 bits per heavy atom. The molecule has 1 aliphatic rings. The first-order valence-electron chi connectivity index (χ1n) is 9.18. The molecule has 1 atom stereocenters. The monoisotopic (exact) mass is 359 g/mol. The van der Waals surface area contributed by atoms with E-state index in [9.17, 15) is 9.59 Å². The zero-order chi connectivity index (χ0) is 18.9. The standard InChI is InChI=1S/C20H29N3O3/c1-16(2)15-18(21-20(25)26)19(24)23-13-11-22(12-14-23)10-6-9-17-7-4-3-5-8-17/h3-9,16,18,21H,10-15H2,1-2H3,(H,25,26)/t18-/m0/s1. The summed E-state index contributed by atoms with van der Waals surface area (Å²) in [4.78, 5) is 27.7. The molecule has 1 heterocycles. The van der Waals surface area contributed by atoms with Gasteiger partial charge in [-0.3, -0.25) is 9.69 Å². The van der Waals surface area contributed by atoms with Crippen LogP contribution >= 0.6 is 0 Å². The van der Waals surface area contributed by atoms with Crippen molar-refractivity contribution in [2.75, 3.05) is 32.7 Å². The predicted octanol–water partition coefficient (Wildman–Crippen LogP) is 2.53. The molecule has 0 aliphatic carbocycles. The van der Waals surface area contributed by atoms with E-state index in [-0.39, 0.29) is 11.8 Å². The van der Waals surface area contributed by atoms with E-state index in [2.05, 4.69) is 34.5 Å². The first-order valence-corrected chi connectivity index (χ1v) is 9.18. The normalized spacial score (nSPS) is 16.8. The second kappa shape index (κ2) is 9.97. The molecule has 2 rings (SSSR count). The Morgan fingerprint density at radius 1 is 1.15 bits per heavy atom. The summed E-state index contributed by atoms with van der Waals surface area (Å²) in [5.74, 6) is 0.140. The van der Waals surface area contributed by atoms with Crippen LogP contribution in [0.3, 0.4) is 0 Å². The van der Waals surface area contributed by atoms with Gasteiger partial charge in [-0.25, -0.2) is 4.79 Å². The first kappa shape index (κ1) is 20.0. The fourth-order valence-corrected chi connectivity index (χ4v) is 3.12. The van der Waals surface area contributed by atoms with Crippen LogP contribution in [0.5, 0.6) is 0 Å². The Morgan fingerprint density at radius 2 is 1.81 bits per heavy atom. The van der Waals surface area contributed by atoms with Crippen LogP contribution in [-0.4, -0.2) is 65.7 Å². The topological polar surface area (TPSA) is 72.9 Å². The van der Waals surface area contributed by atoms with Crippen molar-refractivity contribution in [1.29, 1.82) is 0 Å². The lowest BCUT2D eigenvalue weighted by Crippen LogP contribution is -2.55. The molecule has 142 valence electrons. The number of hydrogen-bond acceptors (Lipinski definition) is 3. The van der Waals surface area contributed by atoms with Crippen molar-refractivity contribution in [2.45, 2.75) is 26.3 Å². The number of benzene rings is 1. The third-order valence-corrected chi connectivity index (χ3v) is 4.46. The number of carbonyl (C=O) groups excluding carboxylic acids is 1. The summed E-state index contributed by atoms with van der Waals surface area (Å²) in [7, 11) is 0. The molecule has 1 aromatic carbocycles. The van der Waals surface area contributed by atoms with Gasteiger partial charge < -0.3 is 15.3 Å². The summed E-state index contributed by atoms with van der Waals surface area (Å²) in [6.07, 6.45) is 3.62. The second-order valence-corrected chi connectivity index (χ2v) is 7.07. The van der Waals surface area contributed by atoms with E-state index in [1.165, 1.54) is 5.56 Å². The van der Waals surface area contributed by atoms with Gasteiger partial charge in [-0.05, 0) is 17.9 Å². The summed E-state index contributed by atoms with van der Waals surface area (Å²) < 4.78 is 0. The number of amides is 2. The van der Waals surface area contributed by atoms with Crippen LogP contribution in [0.2, 0.25) is 0 Å². The van der Waals surface area contributed by atoms with Crippen molar-refractivity contribution >= 4 is 18.1 Å². The fraction of sp³-hybridized carbons (Fsp3) is 0.500. The highest BCUT2D eigenvalue weighted by Gasteiger charge is 2.28. The first-order chi connectivity index (χ1) is 12.5. The molecule has 0 unspecified atom stereocenters. The maximum Gasteiger partial charge on any atom is 0.405 e. The van der Waals surface area contributed by atoms with Crippen molar-refractivity contribution in [3.8, 4) is 0 Å². The van der Waals surface area contributed by atoms with Crippen molar-refractivity contribution in [3.05, 3.63) is 42.0 Å². The van der Waals surface area contributed by atoms with E-state index in [0.29, 0.717) is 19.5 Å². The molecule has 0 radical (unpaired) electrons. The van der Waals surface area contributed by atoms with E-state index >= 15 is 0 Å². The van der Waals surface area contributed by atoms with Gasteiger partial charge in [0.05, 0.1) is 0 Å². The van der Waals surface area contributed by atoms with Crippen molar-refractivity contribution in [3.63, 3.8) is 0 Å². The van der Waals surface area contributed by atoms with Gasteiger partial charge in [-0.1, -0.05) is 56.3 Å². The van der Waals surface area contributed by atoms with Gasteiger partial charge in [0, 0.05) is 32.7 Å². The molecule has 1 saturated heterocycles. The quantitative estimate of drug-likeness (QED) is 0.785. The van der Waals surface area contributed by atoms with Crippen LogP contribution in [0.15, 0.2) is 36.4 Å². The molecule has 1 aromatic rings. The Kier molecular flexibility index (Phi) is 7.66. The van der Waals surface area contributed by atoms with E-state index in [1.54, 1.807) is 4.90 Å². The third-order valence-electron chi connectivity index (χ3n) is 4.46. The molecule has 0 bridgehead atoms. The van der Waals surface area contributed by atoms with Crippen LogP contribution in [0, 0.1) is 5.92 Å². The van der Waals surface area contributed by atoms with Gasteiger partial charge in [0.25, 0.3) is 0 Å². The van der Waals surface area contributed by atoms with Crippen molar-refractivity contribution < 1.29 is 14.7 Å². The van der Waals surface area contributed by atoms with Gasteiger partial charge in [0.2, 0.25) is 5.91 Å². The van der Waals surface area contributed by atoms with E-state index in [0.717, 1.165) is 19.6 Å². The minimum Gasteiger partial charge on any atom is -0.465 e. The lowest BCUT2D eigenvalue weighted by atomic mass is 10.0. The summed E-state index contributed by atoms with van der Waals surface area (Å²) in [5, 5.41) is 11.4. The molecule has 1 aliphatic heterocycles. The van der Waals surface area contributed by atoms with Crippen LogP contribution in [-0.2, 0) is 4.79 Å². The van der Waals surface area contributed by atoms with Gasteiger partial charge in [-0.2, -0.15) is 0 Å². The Hall–Kier alpha value is -2.34. The van der Waals surface area contributed by atoms with E-state index < -0.39 is 12.1 Å². The molecule has 6 nitrogen and oxygen atoms in total. The number of nitrogens with one attached hydrogen (secondary N) is 1. The Labute approximate surface area is 155 Å². The predicted molar refractivity (Wildman–Crippen MR) is 103 cm³/mol. The minimum absolute atomic E-state index is 0.111. The number of piperazine rings is 1. The maximum atomic E-state index is 12.6. The van der Waals surface area contributed by atoms with Crippen LogP contribution < -0.4 is 5.32 Å². The smallest absolute Gasteiger partial charge is 0.405 e. The summed E-state index contributed by atoms with van der Waals surface area (Å²) in [5.41, 5.74) is 1.18. The highest BCUT2D eigenvalue weighted by atomic mass is 16.4. The number of carboxylic acid groups (broad SMARTS) is 1. The molecule has 26 heavy (non-hydrogen) atoms. The second-order valence-electron chi connectivity index (χ2n) is 7.07. The zero-order valence-electron chi connectivity index (χ0n) is 15.6. The number of rotatable bonds is 7. The van der Waals surface area contributed by atoms with Crippen molar-refractivity contribution in [2.24, 2.45) is 5.92 Å². The number of nitrogens with zero attached hydrogens (tertiary/aromatic N) is 2. The molecule has 0 aromatic heterocycles. The molecule has 2 amide bonds. The number of hydrogen-bond donors (Lipinski definition) is 2. The Balaban J connectivity index is 1.81. The third kappa shape index (κ3) is 6.52. The minimum atomic E-state index is -1.14. The van der Waals surface area contributed by atoms with Gasteiger partial charge in [0.1, 0.15) is 6.04 Å². The molecule has 6 heteroatoms. The average Bonchev–Trinajstić information content (AvgIpc) is 2.61. The fourth-order valence-electron chi connectivity index (χ4n) is 3.12. The van der Waals surface area contributed by atoms with Crippen LogP contribution in [0.25, 0.3) is 6.08 Å². The molecular formula is C20H29N3O3. The molecule has 1 fully saturated rings. The highest BCUT2D eigenvalue weighted by Crippen LogP contribution is 2.11. The molecule has 2 N–H and O–H groups in total. The van der Waals surface area contributed by atoms with Gasteiger partial charge in [0.15, 0.2) is 0 Å². The average molecular weight is 359 g/mol. The van der Waals surface area contributed by atoms with Crippen LogP contribution in [0.4, 0.5) is 4.79 Å².